The van der Waals surface area contributed by atoms with Crippen LogP contribution in [0.5, 0.6) is 0 Å². The number of hydrogen-bond donors (Lipinski definition) is 1. The van der Waals surface area contributed by atoms with Crippen LogP contribution in [-0.2, 0) is 0 Å². The molecule has 4 nitrogen and oxygen atoms in total. The first-order valence-electron chi connectivity index (χ1n) is 5.93. The summed E-state index contributed by atoms with van der Waals surface area (Å²) in [6.45, 7) is 0. The van der Waals surface area contributed by atoms with Crippen LogP contribution >= 0.6 is 15.9 Å². The molecule has 0 unspecified atom stereocenters. The van der Waals surface area contributed by atoms with Gasteiger partial charge in [0.15, 0.2) is 0 Å². The van der Waals surface area contributed by atoms with E-state index in [-0.39, 0.29) is 0 Å². The van der Waals surface area contributed by atoms with Gasteiger partial charge < -0.3 is 5.11 Å². The van der Waals surface area contributed by atoms with Gasteiger partial charge >= 0.3 is 6.09 Å². The molecule has 5 heteroatoms. The Hall–Kier alpha value is -2.14. The molecule has 0 aliphatic heterocycles. The van der Waals surface area contributed by atoms with Gasteiger partial charge in [-0.15, -0.1) is 0 Å². The SMILES string of the molecule is CN(C(=O)O)c1ccc(/C=C/c2cccc(Br)n2)cc1. The molecule has 0 fully saturated rings. The minimum atomic E-state index is -0.980. The quantitative estimate of drug-likeness (QED) is 0.860. The molecule has 0 atom stereocenters. The highest BCUT2D eigenvalue weighted by molar-refractivity contribution is 9.10. The van der Waals surface area contributed by atoms with Gasteiger partial charge in [0.25, 0.3) is 0 Å². The zero-order chi connectivity index (χ0) is 14.5. The fourth-order valence-electron chi connectivity index (χ4n) is 1.62. The molecule has 0 saturated carbocycles. The number of carboxylic acid groups (broad SMARTS) is 1. The predicted molar refractivity (Wildman–Crippen MR) is 83.7 cm³/mol. The van der Waals surface area contributed by atoms with E-state index >= 15 is 0 Å². The number of carbonyl (C=O) groups is 1. The third-order valence-corrected chi connectivity index (χ3v) is 3.19. The van der Waals surface area contributed by atoms with Gasteiger partial charge in [0.2, 0.25) is 0 Å². The number of anilines is 1. The molecule has 0 aliphatic carbocycles. The molecule has 0 spiro atoms. The number of benzene rings is 1. The average molecular weight is 333 g/mol. The van der Waals surface area contributed by atoms with Gasteiger partial charge in [0, 0.05) is 12.7 Å². The van der Waals surface area contributed by atoms with Crippen molar-refractivity contribution in [3.63, 3.8) is 0 Å². The Morgan fingerprint density at radius 2 is 1.90 bits per heavy atom. The van der Waals surface area contributed by atoms with Gasteiger partial charge in [0.1, 0.15) is 4.60 Å². The number of aromatic nitrogens is 1. The van der Waals surface area contributed by atoms with Crippen LogP contribution in [0.1, 0.15) is 11.3 Å². The number of halogens is 1. The van der Waals surface area contributed by atoms with Gasteiger partial charge in [-0.05, 0) is 51.8 Å². The van der Waals surface area contributed by atoms with E-state index in [1.165, 1.54) is 11.9 Å². The molecular weight excluding hydrogens is 320 g/mol. The Balaban J connectivity index is 2.13. The van der Waals surface area contributed by atoms with Gasteiger partial charge in [0.05, 0.1) is 5.69 Å². The number of nitrogens with zero attached hydrogens (tertiary/aromatic N) is 2. The Morgan fingerprint density at radius 1 is 1.20 bits per heavy atom. The maximum Gasteiger partial charge on any atom is 0.411 e. The second-order valence-electron chi connectivity index (χ2n) is 4.15. The summed E-state index contributed by atoms with van der Waals surface area (Å²) in [6.07, 6.45) is 2.85. The van der Waals surface area contributed by atoms with E-state index in [9.17, 15) is 4.79 Å². The van der Waals surface area contributed by atoms with Gasteiger partial charge in [-0.25, -0.2) is 9.78 Å². The Morgan fingerprint density at radius 3 is 2.50 bits per heavy atom. The van der Waals surface area contributed by atoms with E-state index in [4.69, 9.17) is 5.11 Å². The molecule has 2 rings (SSSR count). The molecule has 0 saturated heterocycles. The summed E-state index contributed by atoms with van der Waals surface area (Å²) in [5.74, 6) is 0. The maximum atomic E-state index is 10.8. The third kappa shape index (κ3) is 3.68. The normalized spacial score (nSPS) is 10.7. The van der Waals surface area contributed by atoms with Crippen molar-refractivity contribution in [1.29, 1.82) is 0 Å². The second-order valence-corrected chi connectivity index (χ2v) is 4.96. The summed E-state index contributed by atoms with van der Waals surface area (Å²) in [6, 6.07) is 13.0. The van der Waals surface area contributed by atoms with Crippen molar-refractivity contribution < 1.29 is 9.90 Å². The summed E-state index contributed by atoms with van der Waals surface area (Å²) in [5, 5.41) is 8.88. The van der Waals surface area contributed by atoms with Gasteiger partial charge in [-0.1, -0.05) is 24.3 Å². The lowest BCUT2D eigenvalue weighted by molar-refractivity contribution is 0.203. The lowest BCUT2D eigenvalue weighted by Gasteiger charge is -2.12. The van der Waals surface area contributed by atoms with Crippen LogP contribution in [-0.4, -0.2) is 23.2 Å². The number of pyridine rings is 1. The fourth-order valence-corrected chi connectivity index (χ4v) is 1.98. The van der Waals surface area contributed by atoms with Crippen LogP contribution < -0.4 is 4.90 Å². The zero-order valence-electron chi connectivity index (χ0n) is 10.8. The molecule has 1 N–H and O–H groups in total. The molecule has 102 valence electrons. The van der Waals surface area contributed by atoms with Crippen LogP contribution in [0.2, 0.25) is 0 Å². The highest BCUT2D eigenvalue weighted by atomic mass is 79.9. The predicted octanol–water partition coefficient (Wildman–Crippen LogP) is 4.13. The molecule has 1 aromatic carbocycles. The summed E-state index contributed by atoms with van der Waals surface area (Å²) in [5.41, 5.74) is 2.47. The van der Waals surface area contributed by atoms with Crippen LogP contribution in [0.25, 0.3) is 12.2 Å². The van der Waals surface area contributed by atoms with E-state index < -0.39 is 6.09 Å². The van der Waals surface area contributed by atoms with E-state index in [2.05, 4.69) is 20.9 Å². The molecule has 0 radical (unpaired) electrons. The number of rotatable bonds is 3. The van der Waals surface area contributed by atoms with Crippen molar-refractivity contribution in [3.8, 4) is 0 Å². The second kappa shape index (κ2) is 6.34. The summed E-state index contributed by atoms with van der Waals surface area (Å²) in [7, 11) is 1.51. The van der Waals surface area contributed by atoms with Crippen molar-refractivity contribution in [2.45, 2.75) is 0 Å². The first-order chi connectivity index (χ1) is 9.56. The van der Waals surface area contributed by atoms with Crippen molar-refractivity contribution in [2.24, 2.45) is 0 Å². The molecule has 0 bridgehead atoms. The smallest absolute Gasteiger partial charge is 0.411 e. The Kier molecular flexibility index (Phi) is 4.53. The molecule has 2 aromatic rings. The van der Waals surface area contributed by atoms with Crippen molar-refractivity contribution in [1.82, 2.24) is 4.98 Å². The maximum absolute atomic E-state index is 10.8. The highest BCUT2D eigenvalue weighted by Gasteiger charge is 2.06. The van der Waals surface area contributed by atoms with E-state index in [1.807, 2.05) is 42.5 Å². The summed E-state index contributed by atoms with van der Waals surface area (Å²) in [4.78, 5) is 16.3. The lowest BCUT2D eigenvalue weighted by atomic mass is 10.1. The highest BCUT2D eigenvalue weighted by Crippen LogP contribution is 2.16. The minimum Gasteiger partial charge on any atom is -0.465 e. The number of amides is 1. The standard InChI is InChI=1S/C15H13BrN2O2/c1-18(15(19)20)13-9-6-11(7-10-13)5-8-12-3-2-4-14(16)17-12/h2-10H,1H3,(H,19,20)/b8-5+. The molecule has 0 aliphatic rings. The third-order valence-electron chi connectivity index (χ3n) is 2.75. The molecule has 1 amide bonds. The molecule has 1 heterocycles. The van der Waals surface area contributed by atoms with Gasteiger partial charge in [-0.2, -0.15) is 0 Å². The molecular formula is C15H13BrN2O2. The van der Waals surface area contributed by atoms with E-state index in [0.29, 0.717) is 5.69 Å². The van der Waals surface area contributed by atoms with Crippen LogP contribution in [0.15, 0.2) is 47.1 Å². The fraction of sp³-hybridized carbons (Fsp3) is 0.0667. The zero-order valence-corrected chi connectivity index (χ0v) is 12.4. The summed E-state index contributed by atoms with van der Waals surface area (Å²) >= 11 is 3.32. The van der Waals surface area contributed by atoms with Crippen molar-refractivity contribution >= 4 is 39.9 Å². The monoisotopic (exact) mass is 332 g/mol. The minimum absolute atomic E-state index is 0.634. The lowest BCUT2D eigenvalue weighted by Crippen LogP contribution is -2.23. The van der Waals surface area contributed by atoms with Crippen LogP contribution in [0.4, 0.5) is 10.5 Å². The molecule has 20 heavy (non-hydrogen) atoms. The van der Waals surface area contributed by atoms with Crippen molar-refractivity contribution in [2.75, 3.05) is 11.9 Å². The van der Waals surface area contributed by atoms with E-state index in [1.54, 1.807) is 12.1 Å². The summed E-state index contributed by atoms with van der Waals surface area (Å²) < 4.78 is 0.790. The first kappa shape index (κ1) is 14.3. The van der Waals surface area contributed by atoms with Crippen LogP contribution in [0.3, 0.4) is 0 Å². The number of hydrogen-bond acceptors (Lipinski definition) is 2. The van der Waals surface area contributed by atoms with E-state index in [0.717, 1.165) is 15.9 Å². The largest absolute Gasteiger partial charge is 0.465 e. The average Bonchev–Trinajstić information content (AvgIpc) is 2.45. The Bertz CT molecular complexity index is 639. The van der Waals surface area contributed by atoms with Gasteiger partial charge in [-0.3, -0.25) is 4.90 Å². The van der Waals surface area contributed by atoms with Crippen molar-refractivity contribution in [3.05, 3.63) is 58.3 Å². The van der Waals surface area contributed by atoms with Crippen LogP contribution in [0, 0.1) is 0 Å². The Labute approximate surface area is 125 Å². The molecule has 1 aromatic heterocycles. The first-order valence-corrected chi connectivity index (χ1v) is 6.73. The topological polar surface area (TPSA) is 53.4 Å².